The van der Waals surface area contributed by atoms with E-state index < -0.39 is 41.4 Å². The maximum atomic E-state index is 13.6. The van der Waals surface area contributed by atoms with Crippen molar-refractivity contribution in [2.45, 2.75) is 108 Å². The van der Waals surface area contributed by atoms with Gasteiger partial charge < -0.3 is 30.9 Å². The van der Waals surface area contributed by atoms with Crippen LogP contribution in [0.15, 0.2) is 36.4 Å². The first-order valence-corrected chi connectivity index (χ1v) is 17.4. The number of Topliss-reactive ketones (excluding diaryl/α,β-unsaturated/α-hetero) is 1. The molecular weight excluding hydrogens is 598 g/mol. The first-order chi connectivity index (χ1) is 22.6. The minimum Gasteiger partial charge on any atom is -0.479 e. The number of urea groups is 1. The van der Waals surface area contributed by atoms with Gasteiger partial charge in [-0.1, -0.05) is 57.6 Å². The van der Waals surface area contributed by atoms with E-state index in [9.17, 15) is 29.1 Å². The lowest BCUT2D eigenvalue weighted by Gasteiger charge is -2.30. The van der Waals surface area contributed by atoms with E-state index in [1.54, 1.807) is 12.1 Å². The van der Waals surface area contributed by atoms with Gasteiger partial charge in [0.25, 0.3) is 0 Å². The molecule has 0 bridgehead atoms. The number of hydrogen-bond acceptors (Lipinski definition) is 6. The third kappa shape index (κ3) is 9.35. The Bertz CT molecular complexity index is 1290. The van der Waals surface area contributed by atoms with E-state index in [1.165, 1.54) is 11.3 Å². The fourth-order valence-electron chi connectivity index (χ4n) is 6.97. The number of nitrogens with one attached hydrogen (secondary N) is 3. The molecule has 3 aliphatic rings. The van der Waals surface area contributed by atoms with E-state index in [0.717, 1.165) is 63.5 Å². The maximum Gasteiger partial charge on any atom is 0.330 e. The zero-order chi connectivity index (χ0) is 34.0. The number of hydrogen-bond donors (Lipinski definition) is 4. The SMILES string of the molecule is CCCCCC/C=C\C1C[C@]1(NC(=O)[C@@H]1CCCN1C(=O)CNC(=O)N[C@H](C(=O)c1ccc(N(C)C)cc1)C1CCCCC1)C(=O)O. The van der Waals surface area contributed by atoms with Gasteiger partial charge in [0.15, 0.2) is 5.78 Å². The smallest absolute Gasteiger partial charge is 0.330 e. The second-order valence-corrected chi connectivity index (χ2v) is 13.6. The van der Waals surface area contributed by atoms with Crippen molar-refractivity contribution in [2.24, 2.45) is 11.8 Å². The molecule has 1 unspecified atom stereocenters. The molecule has 0 spiro atoms. The molecule has 1 heterocycles. The van der Waals surface area contributed by atoms with Crippen LogP contribution in [0.3, 0.4) is 0 Å². The van der Waals surface area contributed by atoms with Gasteiger partial charge in [-0.3, -0.25) is 14.4 Å². The average Bonchev–Trinajstić information content (AvgIpc) is 3.53. The number of rotatable bonds is 16. The van der Waals surface area contributed by atoms with Gasteiger partial charge in [0, 0.05) is 37.8 Å². The van der Waals surface area contributed by atoms with Crippen molar-refractivity contribution in [2.75, 3.05) is 32.1 Å². The molecule has 4 amide bonds. The van der Waals surface area contributed by atoms with Gasteiger partial charge in [-0.05, 0) is 75.1 Å². The molecule has 1 aliphatic heterocycles. The molecule has 11 nitrogen and oxygen atoms in total. The predicted molar refractivity (Wildman–Crippen MR) is 181 cm³/mol. The van der Waals surface area contributed by atoms with E-state index in [1.807, 2.05) is 43.3 Å². The van der Waals surface area contributed by atoms with E-state index in [4.69, 9.17) is 0 Å². The summed E-state index contributed by atoms with van der Waals surface area (Å²) in [5.74, 6) is -2.42. The monoisotopic (exact) mass is 651 g/mol. The minimum absolute atomic E-state index is 0.00148. The number of amides is 4. The molecule has 47 heavy (non-hydrogen) atoms. The molecule has 2 aliphatic carbocycles. The molecule has 2 saturated carbocycles. The number of carbonyl (C=O) groups is 5. The van der Waals surface area contributed by atoms with E-state index >= 15 is 0 Å². The number of likely N-dealkylation sites (tertiary alicyclic amines) is 1. The van der Waals surface area contributed by atoms with Crippen LogP contribution in [0.2, 0.25) is 0 Å². The van der Waals surface area contributed by atoms with E-state index in [-0.39, 0.29) is 24.2 Å². The molecule has 4 N–H and O–H groups in total. The molecule has 1 saturated heterocycles. The highest BCUT2D eigenvalue weighted by Gasteiger charge is 2.61. The fourth-order valence-corrected chi connectivity index (χ4v) is 6.97. The van der Waals surface area contributed by atoms with Crippen molar-refractivity contribution in [3.05, 3.63) is 42.0 Å². The Balaban J connectivity index is 1.32. The Morgan fingerprint density at radius 2 is 1.72 bits per heavy atom. The van der Waals surface area contributed by atoms with Crippen molar-refractivity contribution >= 4 is 35.3 Å². The summed E-state index contributed by atoms with van der Waals surface area (Å²) in [5, 5.41) is 18.2. The lowest BCUT2D eigenvalue weighted by Crippen LogP contribution is -2.55. The van der Waals surface area contributed by atoms with Gasteiger partial charge in [0.1, 0.15) is 11.6 Å². The number of carboxylic acid groups (broad SMARTS) is 1. The number of benzene rings is 1. The third-order valence-corrected chi connectivity index (χ3v) is 9.97. The molecule has 3 fully saturated rings. The van der Waals surface area contributed by atoms with Crippen LogP contribution >= 0.6 is 0 Å². The second kappa shape index (κ2) is 16.8. The van der Waals surface area contributed by atoms with Crippen molar-refractivity contribution in [1.29, 1.82) is 0 Å². The molecular formula is C36H53N5O6. The molecule has 4 rings (SSSR count). The highest BCUT2D eigenvalue weighted by molar-refractivity contribution is 6.02. The normalized spacial score (nSPS) is 23.3. The van der Waals surface area contributed by atoms with Gasteiger partial charge in [-0.25, -0.2) is 9.59 Å². The van der Waals surface area contributed by atoms with Crippen LogP contribution < -0.4 is 20.9 Å². The minimum atomic E-state index is -1.35. The average molecular weight is 652 g/mol. The number of ketones is 1. The summed E-state index contributed by atoms with van der Waals surface area (Å²) >= 11 is 0. The summed E-state index contributed by atoms with van der Waals surface area (Å²) < 4.78 is 0. The van der Waals surface area contributed by atoms with Crippen LogP contribution in [0.25, 0.3) is 0 Å². The van der Waals surface area contributed by atoms with Crippen molar-refractivity contribution in [3.8, 4) is 0 Å². The summed E-state index contributed by atoms with van der Waals surface area (Å²) in [7, 11) is 3.85. The Kier molecular flexibility index (Phi) is 12.8. The van der Waals surface area contributed by atoms with Crippen LogP contribution in [-0.2, 0) is 14.4 Å². The standard InChI is InChI=1S/C36H53N5O6/c1-4-5-6-7-8-12-16-27-23-36(27,34(45)46)39-33(44)29-17-13-22-41(29)30(42)24-37-35(47)38-31(25-14-10-9-11-15-25)32(43)26-18-20-28(21-19-26)40(2)3/h12,16,18-21,25,27,29,31H,4-11,13-15,17,22-24H2,1-3H3,(H,39,44)(H,45,46)(H2,37,38,47)/b16-12-/t27?,29-,31-,36+/m0/s1. The largest absolute Gasteiger partial charge is 0.479 e. The van der Waals surface area contributed by atoms with Crippen LogP contribution in [0.5, 0.6) is 0 Å². The van der Waals surface area contributed by atoms with E-state index in [2.05, 4.69) is 22.9 Å². The molecule has 1 aromatic rings. The Morgan fingerprint density at radius 1 is 1.00 bits per heavy atom. The number of aliphatic carboxylic acids is 1. The predicted octanol–water partition coefficient (Wildman–Crippen LogP) is 4.66. The first kappa shape index (κ1) is 36.0. The number of carboxylic acids is 1. The maximum absolute atomic E-state index is 13.6. The van der Waals surface area contributed by atoms with Crippen LogP contribution in [-0.4, -0.2) is 84.4 Å². The second-order valence-electron chi connectivity index (χ2n) is 13.6. The van der Waals surface area contributed by atoms with Crippen LogP contribution in [0, 0.1) is 11.8 Å². The molecule has 258 valence electrons. The zero-order valence-corrected chi connectivity index (χ0v) is 28.3. The van der Waals surface area contributed by atoms with Crippen molar-refractivity contribution in [1.82, 2.24) is 20.9 Å². The van der Waals surface area contributed by atoms with Gasteiger partial charge in [-0.15, -0.1) is 0 Å². The molecule has 1 aromatic carbocycles. The summed E-state index contributed by atoms with van der Waals surface area (Å²) in [6, 6.07) is 5.17. The van der Waals surface area contributed by atoms with Gasteiger partial charge in [-0.2, -0.15) is 0 Å². The zero-order valence-electron chi connectivity index (χ0n) is 28.3. The highest BCUT2D eigenvalue weighted by Crippen LogP contribution is 2.45. The summed E-state index contributed by atoms with van der Waals surface area (Å²) in [4.78, 5) is 68.8. The number of carbonyl (C=O) groups excluding carboxylic acids is 4. The summed E-state index contributed by atoms with van der Waals surface area (Å²) in [6.07, 6.45) is 15.4. The van der Waals surface area contributed by atoms with Crippen molar-refractivity contribution < 1.29 is 29.1 Å². The fraction of sp³-hybridized carbons (Fsp3) is 0.639. The van der Waals surface area contributed by atoms with Crippen LogP contribution in [0.4, 0.5) is 10.5 Å². The number of unbranched alkanes of at least 4 members (excludes halogenated alkanes) is 4. The lowest BCUT2D eigenvalue weighted by molar-refractivity contribution is -0.145. The highest BCUT2D eigenvalue weighted by atomic mass is 16.4. The quantitative estimate of drug-likeness (QED) is 0.115. The topological polar surface area (TPSA) is 148 Å². The molecule has 0 aromatic heterocycles. The number of anilines is 1. The number of nitrogens with zero attached hydrogens (tertiary/aromatic N) is 2. The summed E-state index contributed by atoms with van der Waals surface area (Å²) in [5.41, 5.74) is 0.141. The third-order valence-electron chi connectivity index (χ3n) is 9.97. The Hall–Kier alpha value is -3.89. The molecule has 0 radical (unpaired) electrons. The van der Waals surface area contributed by atoms with Crippen LogP contribution in [0.1, 0.15) is 101 Å². The Morgan fingerprint density at radius 3 is 2.38 bits per heavy atom. The number of allylic oxidation sites excluding steroid dienone is 1. The van der Waals surface area contributed by atoms with Gasteiger partial charge in [0.2, 0.25) is 11.8 Å². The van der Waals surface area contributed by atoms with E-state index in [0.29, 0.717) is 31.4 Å². The molecule has 11 heteroatoms. The van der Waals surface area contributed by atoms with Gasteiger partial charge in [0.05, 0.1) is 12.6 Å². The first-order valence-electron chi connectivity index (χ1n) is 17.4. The van der Waals surface area contributed by atoms with Gasteiger partial charge >= 0.3 is 12.0 Å². The van der Waals surface area contributed by atoms with Crippen molar-refractivity contribution in [3.63, 3.8) is 0 Å². The lowest BCUT2D eigenvalue weighted by atomic mass is 9.81. The summed E-state index contributed by atoms with van der Waals surface area (Å²) in [6.45, 7) is 2.15. The Labute approximate surface area is 278 Å². The molecule has 4 atom stereocenters.